The number of carbonyl (C=O) groups is 1. The molecule has 0 spiro atoms. The van der Waals surface area contributed by atoms with E-state index < -0.39 is 0 Å². The second kappa shape index (κ2) is 6.38. The fourth-order valence-corrected chi connectivity index (χ4v) is 1.90. The van der Waals surface area contributed by atoms with Crippen LogP contribution in [0.2, 0.25) is 0 Å². The number of nitrogens with zero attached hydrogens (tertiary/aromatic N) is 1. The number of unbranched alkanes of at least 4 members (excludes halogenated alkanes) is 1. The third-order valence-corrected chi connectivity index (χ3v) is 2.85. The second-order valence-electron chi connectivity index (χ2n) is 4.13. The van der Waals surface area contributed by atoms with Crippen molar-refractivity contribution in [1.29, 1.82) is 0 Å². The van der Waals surface area contributed by atoms with E-state index in [1.807, 2.05) is 11.8 Å². The standard InChI is InChI=1S/C14H20FNO/c1-4-6-10-16(5-2)14-12(11(3)17)8-7-9-13(14)15/h7-9H,4-6,10H2,1-3H3. The number of ketones is 1. The van der Waals surface area contributed by atoms with Crippen molar-refractivity contribution in [3.63, 3.8) is 0 Å². The first kappa shape index (κ1) is 13.7. The van der Waals surface area contributed by atoms with Gasteiger partial charge >= 0.3 is 0 Å². The lowest BCUT2D eigenvalue weighted by Crippen LogP contribution is -2.26. The topological polar surface area (TPSA) is 20.3 Å². The number of hydrogen-bond donors (Lipinski definition) is 0. The Kier molecular flexibility index (Phi) is 5.13. The van der Waals surface area contributed by atoms with E-state index >= 15 is 0 Å². The van der Waals surface area contributed by atoms with Crippen molar-refractivity contribution in [2.24, 2.45) is 0 Å². The van der Waals surface area contributed by atoms with Gasteiger partial charge in [-0.15, -0.1) is 0 Å². The van der Waals surface area contributed by atoms with Gasteiger partial charge in [-0.05, 0) is 32.4 Å². The molecule has 0 amide bonds. The molecule has 17 heavy (non-hydrogen) atoms. The molecule has 0 radical (unpaired) electrons. The lowest BCUT2D eigenvalue weighted by Gasteiger charge is -2.25. The highest BCUT2D eigenvalue weighted by molar-refractivity contribution is 5.99. The Morgan fingerprint density at radius 3 is 2.59 bits per heavy atom. The van der Waals surface area contributed by atoms with Crippen molar-refractivity contribution >= 4 is 11.5 Å². The van der Waals surface area contributed by atoms with Crippen LogP contribution in [0.3, 0.4) is 0 Å². The molecule has 3 heteroatoms. The molecule has 94 valence electrons. The molecule has 0 heterocycles. The SMILES string of the molecule is CCCCN(CC)c1c(F)cccc1C(C)=O. The van der Waals surface area contributed by atoms with Crippen LogP contribution in [0.25, 0.3) is 0 Å². The average Bonchev–Trinajstić information content (AvgIpc) is 2.31. The van der Waals surface area contributed by atoms with Crippen LogP contribution in [0.4, 0.5) is 10.1 Å². The number of benzene rings is 1. The summed E-state index contributed by atoms with van der Waals surface area (Å²) >= 11 is 0. The highest BCUT2D eigenvalue weighted by atomic mass is 19.1. The Bertz CT molecular complexity index is 390. The lowest BCUT2D eigenvalue weighted by molar-refractivity contribution is 0.101. The van der Waals surface area contributed by atoms with Crippen molar-refractivity contribution < 1.29 is 9.18 Å². The summed E-state index contributed by atoms with van der Waals surface area (Å²) in [7, 11) is 0. The van der Waals surface area contributed by atoms with Gasteiger partial charge < -0.3 is 4.90 Å². The zero-order valence-corrected chi connectivity index (χ0v) is 10.8. The molecular formula is C14H20FNO. The van der Waals surface area contributed by atoms with Gasteiger partial charge in [0.25, 0.3) is 0 Å². The molecule has 0 bridgehead atoms. The minimum Gasteiger partial charge on any atom is -0.369 e. The van der Waals surface area contributed by atoms with Crippen LogP contribution in [0.1, 0.15) is 44.0 Å². The fourth-order valence-electron chi connectivity index (χ4n) is 1.90. The van der Waals surface area contributed by atoms with Gasteiger partial charge in [-0.25, -0.2) is 4.39 Å². The minimum absolute atomic E-state index is 0.0885. The van der Waals surface area contributed by atoms with Gasteiger partial charge in [-0.1, -0.05) is 19.4 Å². The average molecular weight is 237 g/mol. The zero-order chi connectivity index (χ0) is 12.8. The molecule has 1 aromatic rings. The summed E-state index contributed by atoms with van der Waals surface area (Å²) in [5, 5.41) is 0. The Hall–Kier alpha value is -1.38. The van der Waals surface area contributed by atoms with E-state index in [2.05, 4.69) is 6.92 Å². The Labute approximate surface area is 102 Å². The molecule has 1 rings (SSSR count). The van der Waals surface area contributed by atoms with Crippen molar-refractivity contribution in [3.05, 3.63) is 29.6 Å². The number of Topliss-reactive ketones (excluding diaryl/α,β-unsaturated/α-hetero) is 1. The first-order valence-electron chi connectivity index (χ1n) is 6.16. The highest BCUT2D eigenvalue weighted by Crippen LogP contribution is 2.25. The molecule has 0 aliphatic rings. The van der Waals surface area contributed by atoms with Crippen LogP contribution in [0.15, 0.2) is 18.2 Å². The number of para-hydroxylation sites is 1. The van der Waals surface area contributed by atoms with Gasteiger partial charge in [0.15, 0.2) is 5.78 Å². The number of halogens is 1. The third-order valence-electron chi connectivity index (χ3n) is 2.85. The van der Waals surface area contributed by atoms with Gasteiger partial charge in [0.1, 0.15) is 5.82 Å². The maximum atomic E-state index is 13.9. The number of anilines is 1. The predicted molar refractivity (Wildman–Crippen MR) is 69.2 cm³/mol. The zero-order valence-electron chi connectivity index (χ0n) is 10.8. The Balaban J connectivity index is 3.11. The Morgan fingerprint density at radius 1 is 1.35 bits per heavy atom. The van der Waals surface area contributed by atoms with E-state index in [0.29, 0.717) is 17.8 Å². The molecule has 1 aromatic carbocycles. The molecule has 0 saturated heterocycles. The smallest absolute Gasteiger partial charge is 0.161 e. The normalized spacial score (nSPS) is 10.4. The third kappa shape index (κ3) is 3.29. The van der Waals surface area contributed by atoms with E-state index in [0.717, 1.165) is 19.4 Å². The molecule has 0 aliphatic carbocycles. The fraction of sp³-hybridized carbons (Fsp3) is 0.500. The summed E-state index contributed by atoms with van der Waals surface area (Å²) < 4.78 is 13.9. The van der Waals surface area contributed by atoms with Crippen molar-refractivity contribution in [3.8, 4) is 0 Å². The molecular weight excluding hydrogens is 217 g/mol. The number of hydrogen-bond acceptors (Lipinski definition) is 2. The summed E-state index contributed by atoms with van der Waals surface area (Å²) in [5.41, 5.74) is 0.930. The van der Waals surface area contributed by atoms with Gasteiger partial charge in [-0.3, -0.25) is 4.79 Å². The van der Waals surface area contributed by atoms with E-state index in [9.17, 15) is 9.18 Å². The first-order chi connectivity index (χ1) is 8.11. The van der Waals surface area contributed by atoms with Gasteiger partial charge in [0, 0.05) is 18.7 Å². The maximum Gasteiger partial charge on any atom is 0.161 e. The van der Waals surface area contributed by atoms with Crippen LogP contribution in [-0.4, -0.2) is 18.9 Å². The van der Waals surface area contributed by atoms with E-state index in [1.54, 1.807) is 12.1 Å². The van der Waals surface area contributed by atoms with Gasteiger partial charge in [-0.2, -0.15) is 0 Å². The van der Waals surface area contributed by atoms with Crippen LogP contribution < -0.4 is 4.90 Å². The molecule has 0 saturated carbocycles. The van der Waals surface area contributed by atoms with Crippen LogP contribution >= 0.6 is 0 Å². The van der Waals surface area contributed by atoms with E-state index in [-0.39, 0.29) is 11.6 Å². The summed E-state index contributed by atoms with van der Waals surface area (Å²) in [6.45, 7) is 7.05. The molecule has 0 fully saturated rings. The lowest BCUT2D eigenvalue weighted by atomic mass is 10.1. The summed E-state index contributed by atoms with van der Waals surface area (Å²) in [4.78, 5) is 13.5. The van der Waals surface area contributed by atoms with Crippen molar-refractivity contribution in [2.75, 3.05) is 18.0 Å². The number of rotatable bonds is 6. The van der Waals surface area contributed by atoms with Crippen LogP contribution in [-0.2, 0) is 0 Å². The quantitative estimate of drug-likeness (QED) is 0.704. The summed E-state index contributed by atoms with van der Waals surface area (Å²) in [5.74, 6) is -0.398. The molecule has 0 unspecified atom stereocenters. The maximum absolute atomic E-state index is 13.9. The second-order valence-corrected chi connectivity index (χ2v) is 4.13. The monoisotopic (exact) mass is 237 g/mol. The molecule has 2 nitrogen and oxygen atoms in total. The summed E-state index contributed by atoms with van der Waals surface area (Å²) in [6, 6.07) is 4.69. The highest BCUT2D eigenvalue weighted by Gasteiger charge is 2.16. The Morgan fingerprint density at radius 2 is 2.06 bits per heavy atom. The van der Waals surface area contributed by atoms with E-state index in [1.165, 1.54) is 13.0 Å². The van der Waals surface area contributed by atoms with Crippen molar-refractivity contribution in [1.82, 2.24) is 0 Å². The van der Waals surface area contributed by atoms with Crippen LogP contribution in [0.5, 0.6) is 0 Å². The van der Waals surface area contributed by atoms with Crippen LogP contribution in [0, 0.1) is 5.82 Å². The first-order valence-corrected chi connectivity index (χ1v) is 6.16. The molecule has 0 N–H and O–H groups in total. The van der Waals surface area contributed by atoms with Crippen molar-refractivity contribution in [2.45, 2.75) is 33.6 Å². The minimum atomic E-state index is -0.310. The summed E-state index contributed by atoms with van der Waals surface area (Å²) in [6.07, 6.45) is 2.06. The number of carbonyl (C=O) groups excluding carboxylic acids is 1. The largest absolute Gasteiger partial charge is 0.369 e. The molecule has 0 aromatic heterocycles. The van der Waals surface area contributed by atoms with Gasteiger partial charge in [0.2, 0.25) is 0 Å². The predicted octanol–water partition coefficient (Wildman–Crippen LogP) is 3.65. The molecule has 0 aliphatic heterocycles. The van der Waals surface area contributed by atoms with E-state index in [4.69, 9.17) is 0 Å². The molecule has 0 atom stereocenters. The van der Waals surface area contributed by atoms with Gasteiger partial charge in [0.05, 0.1) is 5.69 Å².